The van der Waals surface area contributed by atoms with Crippen LogP contribution in [-0.2, 0) is 0 Å². The van der Waals surface area contributed by atoms with Gasteiger partial charge in [0, 0.05) is 24.2 Å². The van der Waals surface area contributed by atoms with E-state index in [2.05, 4.69) is 62.2 Å². The first-order valence-corrected chi connectivity index (χ1v) is 9.79. The highest BCUT2D eigenvalue weighted by Gasteiger charge is 2.35. The van der Waals surface area contributed by atoms with Crippen LogP contribution in [-0.4, -0.2) is 29.2 Å². The van der Waals surface area contributed by atoms with E-state index in [9.17, 15) is 0 Å². The summed E-state index contributed by atoms with van der Waals surface area (Å²) in [6.45, 7) is 17.1. The summed E-state index contributed by atoms with van der Waals surface area (Å²) in [7, 11) is 0. The Labute approximate surface area is 146 Å². The van der Waals surface area contributed by atoms with Gasteiger partial charge in [0.1, 0.15) is 0 Å². The highest BCUT2D eigenvalue weighted by molar-refractivity contribution is 7.22. The lowest BCUT2D eigenvalue weighted by molar-refractivity contribution is 0.294. The predicted molar refractivity (Wildman–Crippen MR) is 106 cm³/mol. The molecule has 4 unspecified atom stereocenters. The smallest absolute Gasteiger partial charge is 0.187 e. The number of thiazole rings is 1. The number of aromatic nitrogens is 1. The average Bonchev–Trinajstić information content (AvgIpc) is 3.00. The Morgan fingerprint density at radius 1 is 0.913 bits per heavy atom. The van der Waals surface area contributed by atoms with Gasteiger partial charge in [0.25, 0.3) is 0 Å². The van der Waals surface area contributed by atoms with Gasteiger partial charge in [0.2, 0.25) is 0 Å². The molecule has 1 aromatic carbocycles. The van der Waals surface area contributed by atoms with Gasteiger partial charge in [0.15, 0.2) is 5.13 Å². The van der Waals surface area contributed by atoms with E-state index < -0.39 is 0 Å². The van der Waals surface area contributed by atoms with Gasteiger partial charge in [-0.1, -0.05) is 51.2 Å². The maximum atomic E-state index is 4.82. The molecule has 2 aromatic rings. The van der Waals surface area contributed by atoms with Crippen molar-refractivity contribution in [2.24, 2.45) is 0 Å². The zero-order valence-corrected chi connectivity index (χ0v) is 16.7. The number of piperazine rings is 1. The highest BCUT2D eigenvalue weighted by atomic mass is 32.1. The van der Waals surface area contributed by atoms with Crippen LogP contribution >= 0.6 is 11.3 Å². The van der Waals surface area contributed by atoms with E-state index in [-0.39, 0.29) is 0 Å². The Balaban J connectivity index is 0.000000615. The number of hydrogen-bond donors (Lipinski definition) is 1. The van der Waals surface area contributed by atoms with E-state index in [0.717, 1.165) is 10.6 Å². The fourth-order valence-electron chi connectivity index (χ4n) is 2.86. The molecule has 0 radical (unpaired) electrons. The van der Waals surface area contributed by atoms with Crippen molar-refractivity contribution < 1.29 is 0 Å². The van der Waals surface area contributed by atoms with Gasteiger partial charge in [-0.3, -0.25) is 0 Å². The van der Waals surface area contributed by atoms with Gasteiger partial charge < -0.3 is 10.2 Å². The predicted octanol–water partition coefficient (Wildman–Crippen LogP) is 5.31. The molecule has 3 rings (SSSR count). The summed E-state index contributed by atoms with van der Waals surface area (Å²) in [5.74, 6) is 0. The Bertz CT molecular complexity index is 534. The van der Waals surface area contributed by atoms with E-state index in [1.54, 1.807) is 11.3 Å². The van der Waals surface area contributed by atoms with Crippen molar-refractivity contribution >= 4 is 26.7 Å². The van der Waals surface area contributed by atoms with Gasteiger partial charge in [0.05, 0.1) is 10.2 Å². The first kappa shape index (κ1) is 19.9. The molecule has 0 aliphatic carbocycles. The number of benzene rings is 1. The molecule has 0 bridgehead atoms. The molecular formula is C19H33N3S. The summed E-state index contributed by atoms with van der Waals surface area (Å²) in [6.07, 6.45) is 0. The Kier molecular flexibility index (Phi) is 8.00. The van der Waals surface area contributed by atoms with Crippen LogP contribution < -0.4 is 10.2 Å². The third kappa shape index (κ3) is 4.24. The molecule has 4 heteroatoms. The SMILES string of the molecule is CC.CC.CC1NC(C)C(C)N(c2nc3ccccc3s2)C1C. The maximum Gasteiger partial charge on any atom is 0.187 e. The quantitative estimate of drug-likeness (QED) is 0.765. The molecule has 2 heterocycles. The van der Waals surface area contributed by atoms with Crippen LogP contribution in [0.3, 0.4) is 0 Å². The lowest BCUT2D eigenvalue weighted by atomic mass is 9.98. The Morgan fingerprint density at radius 3 is 1.96 bits per heavy atom. The van der Waals surface area contributed by atoms with E-state index >= 15 is 0 Å². The highest BCUT2D eigenvalue weighted by Crippen LogP contribution is 2.33. The number of nitrogens with one attached hydrogen (secondary N) is 1. The van der Waals surface area contributed by atoms with Crippen molar-refractivity contribution in [3.63, 3.8) is 0 Å². The van der Waals surface area contributed by atoms with Gasteiger partial charge in [-0.15, -0.1) is 0 Å². The topological polar surface area (TPSA) is 28.2 Å². The second-order valence-corrected chi connectivity index (χ2v) is 6.61. The minimum atomic E-state index is 0.465. The molecule has 1 fully saturated rings. The molecule has 130 valence electrons. The lowest BCUT2D eigenvalue weighted by Gasteiger charge is -2.46. The molecule has 1 saturated heterocycles. The summed E-state index contributed by atoms with van der Waals surface area (Å²) >= 11 is 1.80. The van der Waals surface area contributed by atoms with Gasteiger partial charge >= 0.3 is 0 Å². The number of anilines is 1. The molecule has 0 saturated carbocycles. The van der Waals surface area contributed by atoms with Crippen LogP contribution in [0.25, 0.3) is 10.2 Å². The van der Waals surface area contributed by atoms with Crippen LogP contribution in [0.15, 0.2) is 24.3 Å². The van der Waals surface area contributed by atoms with Crippen molar-refractivity contribution in [1.29, 1.82) is 0 Å². The third-order valence-corrected chi connectivity index (χ3v) is 5.40. The van der Waals surface area contributed by atoms with Gasteiger partial charge in [-0.05, 0) is 39.8 Å². The van der Waals surface area contributed by atoms with Crippen LogP contribution in [0.5, 0.6) is 0 Å². The summed E-state index contributed by atoms with van der Waals surface area (Å²) in [4.78, 5) is 7.31. The molecule has 0 spiro atoms. The van der Waals surface area contributed by atoms with E-state index in [0.29, 0.717) is 24.2 Å². The van der Waals surface area contributed by atoms with Gasteiger partial charge in [-0.25, -0.2) is 4.98 Å². The molecule has 1 aliphatic heterocycles. The standard InChI is InChI=1S/C15H21N3S.2C2H6/c1-9-11(3)18(12(4)10(2)16-9)15-17-13-7-5-6-8-14(13)19-15;2*1-2/h5-12,16H,1-4H3;2*1-2H3. The minimum Gasteiger partial charge on any atom is -0.340 e. The van der Waals surface area contributed by atoms with E-state index in [1.165, 1.54) is 4.70 Å². The van der Waals surface area contributed by atoms with Crippen LogP contribution in [0.1, 0.15) is 55.4 Å². The largest absolute Gasteiger partial charge is 0.340 e. The molecule has 23 heavy (non-hydrogen) atoms. The first-order valence-electron chi connectivity index (χ1n) is 8.98. The van der Waals surface area contributed by atoms with Crippen molar-refractivity contribution in [3.05, 3.63) is 24.3 Å². The van der Waals surface area contributed by atoms with Crippen LogP contribution in [0.4, 0.5) is 5.13 Å². The Hall–Kier alpha value is -1.13. The number of hydrogen-bond acceptors (Lipinski definition) is 4. The monoisotopic (exact) mass is 335 g/mol. The fourth-order valence-corrected chi connectivity index (χ4v) is 4.01. The second kappa shape index (κ2) is 9.24. The average molecular weight is 336 g/mol. The van der Waals surface area contributed by atoms with E-state index in [4.69, 9.17) is 4.98 Å². The number of nitrogens with zero attached hydrogens (tertiary/aromatic N) is 2. The summed E-state index contributed by atoms with van der Waals surface area (Å²) < 4.78 is 1.27. The zero-order valence-electron chi connectivity index (χ0n) is 15.9. The zero-order chi connectivity index (χ0) is 17.6. The van der Waals surface area contributed by atoms with E-state index in [1.807, 2.05) is 27.7 Å². The van der Waals surface area contributed by atoms with Crippen molar-refractivity contribution in [2.75, 3.05) is 4.90 Å². The summed E-state index contributed by atoms with van der Waals surface area (Å²) in [5.41, 5.74) is 1.11. The van der Waals surface area contributed by atoms with Gasteiger partial charge in [-0.2, -0.15) is 0 Å². The Morgan fingerprint density at radius 2 is 1.43 bits per heavy atom. The number of fused-ring (bicyclic) bond motifs is 1. The minimum absolute atomic E-state index is 0.465. The normalized spacial score (nSPS) is 26.9. The number of rotatable bonds is 1. The van der Waals surface area contributed by atoms with Crippen LogP contribution in [0, 0.1) is 0 Å². The molecule has 4 atom stereocenters. The molecular weight excluding hydrogens is 302 g/mol. The van der Waals surface area contributed by atoms with Crippen molar-refractivity contribution in [1.82, 2.24) is 10.3 Å². The van der Waals surface area contributed by atoms with Crippen molar-refractivity contribution in [3.8, 4) is 0 Å². The molecule has 1 N–H and O–H groups in total. The molecule has 3 nitrogen and oxygen atoms in total. The van der Waals surface area contributed by atoms with Crippen molar-refractivity contribution in [2.45, 2.75) is 79.6 Å². The fraction of sp³-hybridized carbons (Fsp3) is 0.632. The summed E-state index contributed by atoms with van der Waals surface area (Å²) in [6, 6.07) is 10.3. The maximum absolute atomic E-state index is 4.82. The molecule has 1 aliphatic rings. The second-order valence-electron chi connectivity index (χ2n) is 5.60. The van der Waals surface area contributed by atoms with Crippen LogP contribution in [0.2, 0.25) is 0 Å². The molecule has 1 aromatic heterocycles. The third-order valence-electron chi connectivity index (χ3n) is 4.35. The lowest BCUT2D eigenvalue weighted by Crippen LogP contribution is -2.64. The number of para-hydroxylation sites is 1. The summed E-state index contributed by atoms with van der Waals surface area (Å²) in [5, 5.41) is 4.80. The first-order chi connectivity index (χ1) is 11.1. The molecule has 0 amide bonds.